The molecule has 2 N–H and O–H groups in total. The van der Waals surface area contributed by atoms with Crippen molar-refractivity contribution >= 4 is 15.7 Å². The van der Waals surface area contributed by atoms with E-state index in [-0.39, 0.29) is 4.90 Å². The zero-order valence-corrected chi connectivity index (χ0v) is 12.5. The average Bonchev–Trinajstić information content (AvgIpc) is 2.38. The van der Waals surface area contributed by atoms with Gasteiger partial charge in [-0.2, -0.15) is 0 Å². The molecule has 1 heterocycles. The Hall–Kier alpha value is -1.99. The van der Waals surface area contributed by atoms with E-state index in [1.165, 1.54) is 18.3 Å². The number of rotatable bonds is 5. The molecule has 0 aliphatic rings. The molecule has 0 saturated carbocycles. The molecule has 0 spiro atoms. The standard InChI is InChI=1S/C14H16FN3O2S/c1-10-5-12(9-17-7-10)18-21(19,20)14-4-3-11(8-16-2)6-13(14)15/h3-7,9,16,18H,8H2,1-2H3. The number of aromatic nitrogens is 1. The summed E-state index contributed by atoms with van der Waals surface area (Å²) >= 11 is 0. The summed E-state index contributed by atoms with van der Waals surface area (Å²) in [6, 6.07) is 5.66. The van der Waals surface area contributed by atoms with Crippen molar-refractivity contribution in [2.45, 2.75) is 18.4 Å². The molecule has 1 aromatic carbocycles. The van der Waals surface area contributed by atoms with Gasteiger partial charge in [-0.3, -0.25) is 9.71 Å². The zero-order valence-electron chi connectivity index (χ0n) is 11.7. The van der Waals surface area contributed by atoms with Crippen LogP contribution in [0.3, 0.4) is 0 Å². The van der Waals surface area contributed by atoms with Gasteiger partial charge in [-0.05, 0) is 43.3 Å². The van der Waals surface area contributed by atoms with Gasteiger partial charge in [0.25, 0.3) is 10.0 Å². The van der Waals surface area contributed by atoms with E-state index in [1.54, 1.807) is 32.3 Å². The van der Waals surface area contributed by atoms with Gasteiger partial charge in [0.05, 0.1) is 11.9 Å². The second-order valence-corrected chi connectivity index (χ2v) is 6.30. The molecule has 112 valence electrons. The maximum atomic E-state index is 14.0. The Morgan fingerprint density at radius 2 is 2.00 bits per heavy atom. The number of anilines is 1. The molecule has 0 unspecified atom stereocenters. The average molecular weight is 309 g/mol. The molecular weight excluding hydrogens is 293 g/mol. The van der Waals surface area contributed by atoms with E-state index in [1.807, 2.05) is 0 Å². The molecule has 7 heteroatoms. The highest BCUT2D eigenvalue weighted by Crippen LogP contribution is 2.20. The van der Waals surface area contributed by atoms with E-state index < -0.39 is 15.8 Å². The topological polar surface area (TPSA) is 71.1 Å². The molecule has 0 aliphatic heterocycles. The molecule has 0 amide bonds. The summed E-state index contributed by atoms with van der Waals surface area (Å²) in [4.78, 5) is 3.51. The van der Waals surface area contributed by atoms with Gasteiger partial charge < -0.3 is 5.32 Å². The molecule has 0 aliphatic carbocycles. The van der Waals surface area contributed by atoms with Crippen LogP contribution in [0.2, 0.25) is 0 Å². The normalized spacial score (nSPS) is 11.4. The van der Waals surface area contributed by atoms with Gasteiger partial charge in [-0.25, -0.2) is 12.8 Å². The third-order valence-corrected chi connectivity index (χ3v) is 4.21. The SMILES string of the molecule is CNCc1ccc(S(=O)(=O)Nc2cncc(C)c2)c(F)c1. The molecule has 2 aromatic rings. The van der Waals surface area contributed by atoms with E-state index >= 15 is 0 Å². The monoisotopic (exact) mass is 309 g/mol. The van der Waals surface area contributed by atoms with Crippen LogP contribution in [0.1, 0.15) is 11.1 Å². The number of nitrogens with one attached hydrogen (secondary N) is 2. The first kappa shape index (κ1) is 15.4. The van der Waals surface area contributed by atoms with Gasteiger partial charge in [0.15, 0.2) is 0 Å². The van der Waals surface area contributed by atoms with Crippen molar-refractivity contribution in [3.05, 3.63) is 53.6 Å². The molecule has 1 aromatic heterocycles. The van der Waals surface area contributed by atoms with E-state index in [4.69, 9.17) is 0 Å². The summed E-state index contributed by atoms with van der Waals surface area (Å²) in [5.41, 5.74) is 1.78. The number of aryl methyl sites for hydroxylation is 1. The van der Waals surface area contributed by atoms with Gasteiger partial charge in [-0.1, -0.05) is 6.07 Å². The van der Waals surface area contributed by atoms with Crippen molar-refractivity contribution in [3.8, 4) is 0 Å². The maximum Gasteiger partial charge on any atom is 0.264 e. The molecule has 5 nitrogen and oxygen atoms in total. The van der Waals surface area contributed by atoms with Crippen molar-refractivity contribution in [1.82, 2.24) is 10.3 Å². The largest absolute Gasteiger partial charge is 0.316 e. The van der Waals surface area contributed by atoms with Crippen molar-refractivity contribution in [1.29, 1.82) is 0 Å². The predicted molar refractivity (Wildman–Crippen MR) is 78.9 cm³/mol. The smallest absolute Gasteiger partial charge is 0.264 e. The summed E-state index contributed by atoms with van der Waals surface area (Å²) in [5, 5.41) is 2.88. The van der Waals surface area contributed by atoms with E-state index in [0.717, 1.165) is 5.56 Å². The minimum atomic E-state index is -3.98. The second-order valence-electron chi connectivity index (χ2n) is 4.65. The summed E-state index contributed by atoms with van der Waals surface area (Å²) in [7, 11) is -2.25. The lowest BCUT2D eigenvalue weighted by Gasteiger charge is -2.10. The van der Waals surface area contributed by atoms with E-state index in [9.17, 15) is 12.8 Å². The number of sulfonamides is 1. The van der Waals surface area contributed by atoms with Gasteiger partial charge in [-0.15, -0.1) is 0 Å². The molecule has 0 bridgehead atoms. The van der Waals surface area contributed by atoms with Crippen LogP contribution in [0.4, 0.5) is 10.1 Å². The highest BCUT2D eigenvalue weighted by atomic mass is 32.2. The summed E-state index contributed by atoms with van der Waals surface area (Å²) in [6.07, 6.45) is 2.97. The van der Waals surface area contributed by atoms with E-state index in [0.29, 0.717) is 17.8 Å². The molecular formula is C14H16FN3O2S. The number of nitrogens with zero attached hydrogens (tertiary/aromatic N) is 1. The first-order valence-corrected chi connectivity index (χ1v) is 7.78. The Morgan fingerprint density at radius 3 is 2.62 bits per heavy atom. The third-order valence-electron chi connectivity index (χ3n) is 2.79. The Bertz CT molecular complexity index is 748. The lowest BCUT2D eigenvalue weighted by atomic mass is 10.2. The van der Waals surface area contributed by atoms with Crippen molar-refractivity contribution in [3.63, 3.8) is 0 Å². The van der Waals surface area contributed by atoms with Gasteiger partial charge in [0.1, 0.15) is 10.7 Å². The van der Waals surface area contributed by atoms with Crippen LogP contribution in [-0.4, -0.2) is 20.4 Å². The van der Waals surface area contributed by atoms with Crippen LogP contribution in [-0.2, 0) is 16.6 Å². The first-order valence-electron chi connectivity index (χ1n) is 6.30. The first-order chi connectivity index (χ1) is 9.92. The second kappa shape index (κ2) is 6.19. The summed E-state index contributed by atoms with van der Waals surface area (Å²) in [6.45, 7) is 2.25. The van der Waals surface area contributed by atoms with Crippen LogP contribution in [0.5, 0.6) is 0 Å². The Kier molecular flexibility index (Phi) is 4.54. The van der Waals surface area contributed by atoms with Crippen molar-refractivity contribution < 1.29 is 12.8 Å². The number of pyridine rings is 1. The molecule has 0 saturated heterocycles. The Labute approximate surface area is 123 Å². The highest BCUT2D eigenvalue weighted by Gasteiger charge is 2.19. The van der Waals surface area contributed by atoms with Gasteiger partial charge in [0, 0.05) is 12.7 Å². The Morgan fingerprint density at radius 1 is 1.24 bits per heavy atom. The minimum absolute atomic E-state index is 0.300. The molecule has 0 atom stereocenters. The molecule has 21 heavy (non-hydrogen) atoms. The number of halogens is 1. The lowest BCUT2D eigenvalue weighted by Crippen LogP contribution is -2.15. The van der Waals surface area contributed by atoms with Gasteiger partial charge in [0.2, 0.25) is 0 Å². The molecule has 0 fully saturated rings. The van der Waals surface area contributed by atoms with Crippen LogP contribution in [0.25, 0.3) is 0 Å². The minimum Gasteiger partial charge on any atom is -0.316 e. The van der Waals surface area contributed by atoms with Crippen LogP contribution in [0, 0.1) is 12.7 Å². The third kappa shape index (κ3) is 3.77. The van der Waals surface area contributed by atoms with Crippen LogP contribution >= 0.6 is 0 Å². The van der Waals surface area contributed by atoms with Crippen molar-refractivity contribution in [2.75, 3.05) is 11.8 Å². The number of hydrogen-bond donors (Lipinski definition) is 2. The lowest BCUT2D eigenvalue weighted by molar-refractivity contribution is 0.568. The molecule has 2 rings (SSSR count). The zero-order chi connectivity index (χ0) is 15.5. The van der Waals surface area contributed by atoms with E-state index in [2.05, 4.69) is 15.0 Å². The molecule has 0 radical (unpaired) electrons. The number of hydrogen-bond acceptors (Lipinski definition) is 4. The fraction of sp³-hybridized carbons (Fsp3) is 0.214. The van der Waals surface area contributed by atoms with Gasteiger partial charge >= 0.3 is 0 Å². The highest BCUT2D eigenvalue weighted by molar-refractivity contribution is 7.92. The quantitative estimate of drug-likeness (QED) is 0.887. The maximum absolute atomic E-state index is 14.0. The number of benzene rings is 1. The Balaban J connectivity index is 2.31. The van der Waals surface area contributed by atoms with Crippen LogP contribution in [0.15, 0.2) is 41.6 Å². The predicted octanol–water partition coefficient (Wildman–Crippen LogP) is 2.05. The van der Waals surface area contributed by atoms with Crippen molar-refractivity contribution in [2.24, 2.45) is 0 Å². The summed E-state index contributed by atoms with van der Waals surface area (Å²) < 4.78 is 40.7. The fourth-order valence-electron chi connectivity index (χ4n) is 1.90. The summed E-state index contributed by atoms with van der Waals surface area (Å²) in [5.74, 6) is -0.782. The van der Waals surface area contributed by atoms with Crippen LogP contribution < -0.4 is 10.0 Å². The fourth-order valence-corrected chi connectivity index (χ4v) is 2.99.